The van der Waals surface area contributed by atoms with Crippen molar-refractivity contribution >= 4 is 21.9 Å². The zero-order chi connectivity index (χ0) is 16.0. The molecule has 2 nitrogen and oxygen atoms in total. The van der Waals surface area contributed by atoms with E-state index in [1.165, 1.54) is 6.20 Å². The predicted octanol–water partition coefficient (Wildman–Crippen LogP) is 5.67. The Hall–Kier alpha value is -2.82. The van der Waals surface area contributed by atoms with Gasteiger partial charge in [0.05, 0.1) is 11.3 Å². The van der Waals surface area contributed by atoms with E-state index in [-0.39, 0.29) is 5.69 Å². The average Bonchev–Trinajstić information content (AvgIpc) is 2.93. The smallest absolute Gasteiger partial charge is 0.416 e. The molecule has 2 aromatic heterocycles. The first kappa shape index (κ1) is 13.8. The number of alkyl halides is 3. The molecule has 2 heterocycles. The molecule has 0 atom stereocenters. The number of benzene rings is 2. The molecule has 0 saturated heterocycles. The van der Waals surface area contributed by atoms with E-state index < -0.39 is 11.7 Å². The first-order valence-electron chi connectivity index (χ1n) is 6.98. The normalized spacial score (nSPS) is 12.1. The van der Waals surface area contributed by atoms with Gasteiger partial charge in [0.2, 0.25) is 0 Å². The minimum absolute atomic E-state index is 0.240. The number of hydrogen-bond donors (Lipinski definition) is 0. The van der Waals surface area contributed by atoms with Crippen LogP contribution in [-0.4, -0.2) is 4.98 Å². The van der Waals surface area contributed by atoms with E-state index in [0.29, 0.717) is 16.7 Å². The minimum atomic E-state index is -4.40. The maximum atomic E-state index is 12.9. The van der Waals surface area contributed by atoms with Crippen molar-refractivity contribution in [3.63, 3.8) is 0 Å². The van der Waals surface area contributed by atoms with Crippen molar-refractivity contribution in [3.05, 3.63) is 66.4 Å². The van der Waals surface area contributed by atoms with Crippen molar-refractivity contribution in [2.75, 3.05) is 0 Å². The first-order chi connectivity index (χ1) is 11.0. The molecule has 0 fully saturated rings. The Morgan fingerprint density at radius 3 is 2.48 bits per heavy atom. The fourth-order valence-corrected chi connectivity index (χ4v) is 2.70. The van der Waals surface area contributed by atoms with Gasteiger partial charge >= 0.3 is 6.18 Å². The molecule has 0 bridgehead atoms. The fraction of sp³-hybridized carbons (Fsp3) is 0.0556. The van der Waals surface area contributed by atoms with Gasteiger partial charge in [0.15, 0.2) is 0 Å². The third-order valence-corrected chi connectivity index (χ3v) is 3.77. The van der Waals surface area contributed by atoms with Crippen molar-refractivity contribution in [1.29, 1.82) is 0 Å². The second-order valence-electron chi connectivity index (χ2n) is 5.21. The number of pyridine rings is 1. The summed E-state index contributed by atoms with van der Waals surface area (Å²) in [7, 11) is 0. The van der Waals surface area contributed by atoms with Crippen LogP contribution < -0.4 is 0 Å². The summed E-state index contributed by atoms with van der Waals surface area (Å²) in [6.45, 7) is 0. The van der Waals surface area contributed by atoms with E-state index in [9.17, 15) is 13.2 Å². The predicted molar refractivity (Wildman–Crippen MR) is 82.0 cm³/mol. The molecule has 0 aliphatic rings. The Labute approximate surface area is 129 Å². The molecule has 114 valence electrons. The number of hydrogen-bond acceptors (Lipinski definition) is 2. The van der Waals surface area contributed by atoms with Crippen molar-refractivity contribution < 1.29 is 17.6 Å². The van der Waals surface area contributed by atoms with Gasteiger partial charge in [-0.25, -0.2) is 0 Å². The standard InChI is InChI=1S/C18H10F3NO/c19-18(20,21)11-8-9-22-15(10-11)14-6-3-5-13-12-4-1-2-7-16(12)23-17(13)14/h1-10H. The van der Waals surface area contributed by atoms with E-state index >= 15 is 0 Å². The Morgan fingerprint density at radius 2 is 1.65 bits per heavy atom. The molecule has 4 aromatic rings. The summed E-state index contributed by atoms with van der Waals surface area (Å²) in [5.41, 5.74) is 1.30. The van der Waals surface area contributed by atoms with Gasteiger partial charge in [0, 0.05) is 22.5 Å². The van der Waals surface area contributed by atoms with E-state index in [2.05, 4.69) is 4.98 Å². The molecule has 0 amide bonds. The van der Waals surface area contributed by atoms with Crippen LogP contribution >= 0.6 is 0 Å². The summed E-state index contributed by atoms with van der Waals surface area (Å²) in [5, 5.41) is 1.79. The topological polar surface area (TPSA) is 26.0 Å². The largest absolute Gasteiger partial charge is 0.455 e. The SMILES string of the molecule is FC(F)(F)c1ccnc(-c2cccc3c2oc2ccccc23)c1. The number of aromatic nitrogens is 1. The molecule has 0 saturated carbocycles. The summed E-state index contributed by atoms with van der Waals surface area (Å²) in [6.07, 6.45) is -3.24. The molecule has 5 heteroatoms. The highest BCUT2D eigenvalue weighted by Gasteiger charge is 2.31. The van der Waals surface area contributed by atoms with E-state index in [1.54, 1.807) is 12.1 Å². The first-order valence-corrected chi connectivity index (χ1v) is 6.98. The van der Waals surface area contributed by atoms with Crippen molar-refractivity contribution in [2.24, 2.45) is 0 Å². The molecule has 2 aromatic carbocycles. The molecule has 0 N–H and O–H groups in total. The molecule has 23 heavy (non-hydrogen) atoms. The molecule has 0 aliphatic carbocycles. The average molecular weight is 313 g/mol. The lowest BCUT2D eigenvalue weighted by Gasteiger charge is -2.08. The zero-order valence-electron chi connectivity index (χ0n) is 11.8. The number of furan rings is 1. The van der Waals surface area contributed by atoms with Crippen LogP contribution in [0.1, 0.15) is 5.56 Å². The van der Waals surface area contributed by atoms with Crippen molar-refractivity contribution in [3.8, 4) is 11.3 Å². The number of para-hydroxylation sites is 2. The van der Waals surface area contributed by atoms with Crippen LogP contribution in [0.15, 0.2) is 65.2 Å². The fourth-order valence-electron chi connectivity index (χ4n) is 2.70. The number of halogens is 3. The Kier molecular flexibility index (Phi) is 2.91. The Bertz CT molecular complexity index is 1020. The van der Waals surface area contributed by atoms with Crippen LogP contribution in [-0.2, 0) is 6.18 Å². The third kappa shape index (κ3) is 2.25. The third-order valence-electron chi connectivity index (χ3n) is 3.77. The molecule has 4 rings (SSSR count). The maximum Gasteiger partial charge on any atom is 0.416 e. The second kappa shape index (κ2) is 4.84. The highest BCUT2D eigenvalue weighted by Crippen LogP contribution is 2.36. The van der Waals surface area contributed by atoms with Crippen LogP contribution in [0.4, 0.5) is 13.2 Å². The lowest BCUT2D eigenvalue weighted by Crippen LogP contribution is -2.05. The molecule has 0 spiro atoms. The zero-order valence-corrected chi connectivity index (χ0v) is 11.8. The summed E-state index contributed by atoms with van der Waals surface area (Å²) in [4.78, 5) is 4.08. The Morgan fingerprint density at radius 1 is 0.870 bits per heavy atom. The quantitative estimate of drug-likeness (QED) is 0.453. The van der Waals surface area contributed by atoms with Gasteiger partial charge in [0.1, 0.15) is 11.2 Å². The number of nitrogens with zero attached hydrogens (tertiary/aromatic N) is 1. The molecular weight excluding hydrogens is 303 g/mol. The highest BCUT2D eigenvalue weighted by atomic mass is 19.4. The van der Waals surface area contributed by atoms with Crippen LogP contribution in [0.3, 0.4) is 0 Å². The summed E-state index contributed by atoms with van der Waals surface area (Å²) in [5.74, 6) is 0. The van der Waals surface area contributed by atoms with Crippen LogP contribution in [0.5, 0.6) is 0 Å². The Balaban J connectivity index is 1.99. The van der Waals surface area contributed by atoms with Gasteiger partial charge in [-0.15, -0.1) is 0 Å². The van der Waals surface area contributed by atoms with Crippen molar-refractivity contribution in [2.45, 2.75) is 6.18 Å². The minimum Gasteiger partial charge on any atom is -0.455 e. The van der Waals surface area contributed by atoms with Gasteiger partial charge in [0.25, 0.3) is 0 Å². The van der Waals surface area contributed by atoms with Crippen LogP contribution in [0.2, 0.25) is 0 Å². The summed E-state index contributed by atoms with van der Waals surface area (Å²) < 4.78 is 44.6. The lowest BCUT2D eigenvalue weighted by molar-refractivity contribution is -0.137. The summed E-state index contributed by atoms with van der Waals surface area (Å²) in [6, 6.07) is 14.9. The molecule has 0 unspecified atom stereocenters. The maximum absolute atomic E-state index is 12.9. The van der Waals surface area contributed by atoms with E-state index in [1.807, 2.05) is 30.3 Å². The van der Waals surface area contributed by atoms with Crippen LogP contribution in [0, 0.1) is 0 Å². The monoisotopic (exact) mass is 313 g/mol. The van der Waals surface area contributed by atoms with Gasteiger partial charge < -0.3 is 4.42 Å². The molecule has 0 radical (unpaired) electrons. The van der Waals surface area contributed by atoms with Crippen LogP contribution in [0.25, 0.3) is 33.2 Å². The summed E-state index contributed by atoms with van der Waals surface area (Å²) >= 11 is 0. The van der Waals surface area contributed by atoms with E-state index in [0.717, 1.165) is 22.9 Å². The van der Waals surface area contributed by atoms with Gasteiger partial charge in [-0.1, -0.05) is 30.3 Å². The molecular formula is C18H10F3NO. The number of fused-ring (bicyclic) bond motifs is 3. The highest BCUT2D eigenvalue weighted by molar-refractivity contribution is 6.09. The number of rotatable bonds is 1. The van der Waals surface area contributed by atoms with Gasteiger partial charge in [-0.3, -0.25) is 4.98 Å². The van der Waals surface area contributed by atoms with Gasteiger partial charge in [-0.2, -0.15) is 13.2 Å². The lowest BCUT2D eigenvalue weighted by atomic mass is 10.0. The molecule has 0 aliphatic heterocycles. The van der Waals surface area contributed by atoms with Crippen molar-refractivity contribution in [1.82, 2.24) is 4.98 Å². The second-order valence-corrected chi connectivity index (χ2v) is 5.21. The van der Waals surface area contributed by atoms with Gasteiger partial charge in [-0.05, 0) is 24.3 Å². The van der Waals surface area contributed by atoms with E-state index in [4.69, 9.17) is 4.42 Å².